The van der Waals surface area contributed by atoms with Crippen LogP contribution in [0.25, 0.3) is 0 Å². The van der Waals surface area contributed by atoms with Crippen molar-refractivity contribution in [2.45, 2.75) is 24.8 Å². The second-order valence-electron chi connectivity index (χ2n) is 6.17. The first kappa shape index (κ1) is 18.7. The Kier molecular flexibility index (Phi) is 5.61. The number of thioether (sulfide) groups is 1. The Hall–Kier alpha value is -3.06. The van der Waals surface area contributed by atoms with Gasteiger partial charge < -0.3 is 11.1 Å². The summed E-state index contributed by atoms with van der Waals surface area (Å²) in [6.45, 7) is 3.96. The second-order valence-corrected chi connectivity index (χ2v) is 7.13. The number of hydrogen-bond acceptors (Lipinski definition) is 5. The van der Waals surface area contributed by atoms with Crippen LogP contribution in [0.5, 0.6) is 0 Å². The van der Waals surface area contributed by atoms with Crippen molar-refractivity contribution in [1.29, 1.82) is 0 Å². The highest BCUT2D eigenvalue weighted by molar-refractivity contribution is 7.98. The highest BCUT2D eigenvalue weighted by atomic mass is 32.2. The summed E-state index contributed by atoms with van der Waals surface area (Å²) >= 11 is 1.38. The van der Waals surface area contributed by atoms with Crippen LogP contribution in [0.2, 0.25) is 0 Å². The number of carbonyl (C=O) groups excluding carboxylic acids is 1. The fourth-order valence-corrected chi connectivity index (χ4v) is 3.41. The van der Waals surface area contributed by atoms with Crippen molar-refractivity contribution < 1.29 is 4.79 Å². The van der Waals surface area contributed by atoms with E-state index < -0.39 is 11.5 Å². The smallest absolute Gasteiger partial charge is 0.277 e. The first-order valence-corrected chi connectivity index (χ1v) is 9.37. The van der Waals surface area contributed by atoms with Crippen molar-refractivity contribution in [3.63, 3.8) is 0 Å². The van der Waals surface area contributed by atoms with E-state index in [2.05, 4.69) is 15.3 Å². The number of nitrogens with one attached hydrogen (secondary N) is 2. The minimum Gasteiger partial charge on any atom is -0.382 e. The number of aromatic nitrogens is 2. The van der Waals surface area contributed by atoms with Gasteiger partial charge in [0.05, 0.1) is 0 Å². The van der Waals surface area contributed by atoms with Gasteiger partial charge in [0.15, 0.2) is 11.0 Å². The van der Waals surface area contributed by atoms with E-state index in [1.54, 1.807) is 12.1 Å². The molecule has 138 valence electrons. The number of rotatable bonds is 5. The minimum absolute atomic E-state index is 0.00787. The third kappa shape index (κ3) is 4.57. The van der Waals surface area contributed by atoms with Gasteiger partial charge in [-0.25, -0.2) is 4.98 Å². The zero-order valence-corrected chi connectivity index (χ0v) is 15.9. The van der Waals surface area contributed by atoms with E-state index in [1.165, 1.54) is 17.3 Å². The van der Waals surface area contributed by atoms with Gasteiger partial charge in [0.2, 0.25) is 0 Å². The number of aryl methyl sites for hydroxylation is 2. The lowest BCUT2D eigenvalue weighted by Gasteiger charge is -2.09. The highest BCUT2D eigenvalue weighted by Crippen LogP contribution is 2.22. The van der Waals surface area contributed by atoms with Crippen LogP contribution in [0.1, 0.15) is 27.0 Å². The molecule has 0 aliphatic rings. The maximum Gasteiger partial charge on any atom is 0.277 e. The van der Waals surface area contributed by atoms with E-state index in [0.29, 0.717) is 16.5 Å². The molecule has 0 aliphatic heterocycles. The number of nitrogens with zero attached hydrogens (tertiary/aromatic N) is 1. The van der Waals surface area contributed by atoms with Gasteiger partial charge in [-0.2, -0.15) is 0 Å². The third-order valence-electron chi connectivity index (χ3n) is 4.10. The molecule has 6 nitrogen and oxygen atoms in total. The van der Waals surface area contributed by atoms with Gasteiger partial charge in [-0.3, -0.25) is 14.6 Å². The Morgan fingerprint density at radius 1 is 1.15 bits per heavy atom. The summed E-state index contributed by atoms with van der Waals surface area (Å²) < 4.78 is 0. The van der Waals surface area contributed by atoms with E-state index >= 15 is 0 Å². The molecule has 0 bridgehead atoms. The standard InChI is InChI=1S/C20H20N4O2S/c1-12-7-9-14(10-8-12)18(25)22-16-17(21)23-20(24-19(16)26)27-11-15-6-4-3-5-13(15)2/h3-10H,11H2,1-2H3,(H,22,25)(H3,21,23,24,26). The number of amides is 1. The maximum absolute atomic E-state index is 12.4. The summed E-state index contributed by atoms with van der Waals surface area (Å²) in [5.74, 6) is 0.241. The summed E-state index contributed by atoms with van der Waals surface area (Å²) in [6.07, 6.45) is 0. The van der Waals surface area contributed by atoms with Crippen molar-refractivity contribution >= 4 is 29.2 Å². The topological polar surface area (TPSA) is 101 Å². The van der Waals surface area contributed by atoms with Gasteiger partial charge in [0.25, 0.3) is 11.5 Å². The normalized spacial score (nSPS) is 10.6. The fourth-order valence-electron chi connectivity index (χ4n) is 2.47. The van der Waals surface area contributed by atoms with Gasteiger partial charge in [-0.15, -0.1) is 0 Å². The maximum atomic E-state index is 12.4. The Bertz CT molecular complexity index is 1030. The van der Waals surface area contributed by atoms with Gasteiger partial charge in [-0.05, 0) is 37.1 Å². The molecule has 27 heavy (non-hydrogen) atoms. The fraction of sp³-hybridized carbons (Fsp3) is 0.150. The molecule has 0 fully saturated rings. The molecule has 0 spiro atoms. The minimum atomic E-state index is -0.477. The third-order valence-corrected chi connectivity index (χ3v) is 5.03. The Labute approximate surface area is 161 Å². The molecule has 0 saturated carbocycles. The average Bonchev–Trinajstić information content (AvgIpc) is 2.64. The van der Waals surface area contributed by atoms with Crippen LogP contribution in [0.4, 0.5) is 11.5 Å². The molecule has 1 heterocycles. The molecule has 1 amide bonds. The number of nitrogens with two attached hydrogens (primary N) is 1. The van der Waals surface area contributed by atoms with Gasteiger partial charge in [0.1, 0.15) is 5.69 Å². The zero-order chi connectivity index (χ0) is 19.4. The highest BCUT2D eigenvalue weighted by Gasteiger charge is 2.14. The van der Waals surface area contributed by atoms with E-state index in [1.807, 2.05) is 50.2 Å². The zero-order valence-electron chi connectivity index (χ0n) is 15.1. The first-order chi connectivity index (χ1) is 12.9. The quantitative estimate of drug-likeness (QED) is 0.464. The molecular weight excluding hydrogens is 360 g/mol. The van der Waals surface area contributed by atoms with Crippen LogP contribution in [-0.2, 0) is 5.75 Å². The van der Waals surface area contributed by atoms with Crippen molar-refractivity contribution in [1.82, 2.24) is 9.97 Å². The largest absolute Gasteiger partial charge is 0.382 e. The lowest BCUT2D eigenvalue weighted by Crippen LogP contribution is -2.23. The molecule has 3 aromatic rings. The summed E-state index contributed by atoms with van der Waals surface area (Å²) in [6, 6.07) is 15.0. The summed E-state index contributed by atoms with van der Waals surface area (Å²) in [4.78, 5) is 31.6. The number of carbonyl (C=O) groups is 1. The molecule has 3 rings (SSSR count). The van der Waals surface area contributed by atoms with Crippen LogP contribution < -0.4 is 16.6 Å². The summed E-state index contributed by atoms with van der Waals surface area (Å²) in [5, 5.41) is 2.96. The molecule has 4 N–H and O–H groups in total. The first-order valence-electron chi connectivity index (χ1n) is 8.39. The molecule has 0 atom stereocenters. The van der Waals surface area contributed by atoms with Gasteiger partial charge in [0, 0.05) is 11.3 Å². The Morgan fingerprint density at radius 2 is 1.85 bits per heavy atom. The second kappa shape index (κ2) is 8.09. The average molecular weight is 380 g/mol. The number of aromatic amines is 1. The van der Waals surface area contributed by atoms with Crippen LogP contribution in [0, 0.1) is 13.8 Å². The summed E-state index contributed by atoms with van der Waals surface area (Å²) in [5.41, 5.74) is 9.20. The van der Waals surface area contributed by atoms with Gasteiger partial charge >= 0.3 is 0 Å². The van der Waals surface area contributed by atoms with Crippen molar-refractivity contribution in [2.75, 3.05) is 11.1 Å². The van der Waals surface area contributed by atoms with E-state index in [9.17, 15) is 9.59 Å². The molecule has 0 unspecified atom stereocenters. The number of H-pyrrole nitrogens is 1. The van der Waals surface area contributed by atoms with Crippen LogP contribution in [-0.4, -0.2) is 15.9 Å². The molecule has 7 heteroatoms. The SMILES string of the molecule is Cc1ccc(C(=O)Nc2c(N)nc(SCc3ccccc3C)[nH]c2=O)cc1. The van der Waals surface area contributed by atoms with Crippen LogP contribution >= 0.6 is 11.8 Å². The molecule has 1 aromatic heterocycles. The number of hydrogen-bond donors (Lipinski definition) is 3. The van der Waals surface area contributed by atoms with Crippen LogP contribution in [0.15, 0.2) is 58.5 Å². The number of anilines is 2. The predicted octanol–water partition coefficient (Wildman–Crippen LogP) is 3.51. The monoisotopic (exact) mass is 380 g/mol. The Morgan fingerprint density at radius 3 is 2.52 bits per heavy atom. The van der Waals surface area contributed by atoms with Crippen molar-refractivity contribution in [3.05, 3.63) is 81.1 Å². The molecular formula is C20H20N4O2S. The van der Waals surface area contributed by atoms with E-state index in [4.69, 9.17) is 5.73 Å². The molecule has 2 aromatic carbocycles. The molecule has 0 saturated heterocycles. The van der Waals surface area contributed by atoms with Crippen LogP contribution in [0.3, 0.4) is 0 Å². The molecule has 0 radical (unpaired) electrons. The number of nitrogen functional groups attached to an aromatic ring is 1. The lowest BCUT2D eigenvalue weighted by atomic mass is 10.1. The van der Waals surface area contributed by atoms with Gasteiger partial charge in [-0.1, -0.05) is 53.7 Å². The van der Waals surface area contributed by atoms with E-state index in [0.717, 1.165) is 11.1 Å². The van der Waals surface area contributed by atoms with E-state index in [-0.39, 0.29) is 11.5 Å². The Balaban J connectivity index is 1.75. The summed E-state index contributed by atoms with van der Waals surface area (Å²) in [7, 11) is 0. The van der Waals surface area contributed by atoms with Crippen molar-refractivity contribution in [2.24, 2.45) is 0 Å². The lowest BCUT2D eigenvalue weighted by molar-refractivity contribution is 0.102. The van der Waals surface area contributed by atoms with Crippen molar-refractivity contribution in [3.8, 4) is 0 Å². The molecule has 0 aliphatic carbocycles. The number of benzene rings is 2. The predicted molar refractivity (Wildman–Crippen MR) is 109 cm³/mol.